The van der Waals surface area contributed by atoms with Gasteiger partial charge in [0.15, 0.2) is 5.78 Å². The highest BCUT2D eigenvalue weighted by Crippen LogP contribution is 2.12. The highest BCUT2D eigenvalue weighted by molar-refractivity contribution is 6.06. The Morgan fingerprint density at radius 1 is 1.13 bits per heavy atom. The van der Waals surface area contributed by atoms with Crippen LogP contribution in [0.4, 0.5) is 5.95 Å². The van der Waals surface area contributed by atoms with E-state index in [2.05, 4.69) is 14.9 Å². The van der Waals surface area contributed by atoms with Crippen LogP contribution >= 0.6 is 0 Å². The number of nitrogens with zero attached hydrogens (tertiary/aromatic N) is 3. The number of phenols is 1. The smallest absolute Gasteiger partial charge is 0.225 e. The number of aromatic nitrogens is 2. The summed E-state index contributed by atoms with van der Waals surface area (Å²) in [5.41, 5.74) is 1.28. The molecule has 118 valence electrons. The first-order valence-electron chi connectivity index (χ1n) is 7.38. The molecule has 1 saturated heterocycles. The fourth-order valence-electron chi connectivity index (χ4n) is 2.24. The van der Waals surface area contributed by atoms with Gasteiger partial charge in [0.2, 0.25) is 5.95 Å². The molecule has 2 heterocycles. The van der Waals surface area contributed by atoms with Crippen LogP contribution in [0, 0.1) is 0 Å². The molecule has 0 saturated carbocycles. The zero-order valence-corrected chi connectivity index (χ0v) is 12.6. The van der Waals surface area contributed by atoms with E-state index in [1.54, 1.807) is 30.6 Å². The molecule has 0 spiro atoms. The van der Waals surface area contributed by atoms with Crippen molar-refractivity contribution in [3.63, 3.8) is 0 Å². The van der Waals surface area contributed by atoms with Crippen LogP contribution in [0.3, 0.4) is 0 Å². The van der Waals surface area contributed by atoms with Crippen molar-refractivity contribution in [3.05, 3.63) is 53.9 Å². The number of benzene rings is 1. The van der Waals surface area contributed by atoms with Gasteiger partial charge in [-0.3, -0.25) is 4.79 Å². The van der Waals surface area contributed by atoms with Gasteiger partial charge in [-0.1, -0.05) is 0 Å². The largest absolute Gasteiger partial charge is 0.508 e. The molecule has 0 amide bonds. The van der Waals surface area contributed by atoms with Crippen LogP contribution in [0.15, 0.2) is 42.7 Å². The van der Waals surface area contributed by atoms with E-state index in [-0.39, 0.29) is 11.5 Å². The second-order valence-electron chi connectivity index (χ2n) is 5.16. The first kappa shape index (κ1) is 15.2. The predicted octanol–water partition coefficient (Wildman–Crippen LogP) is 1.91. The van der Waals surface area contributed by atoms with E-state index in [9.17, 15) is 9.90 Å². The SMILES string of the molecule is O=C(C=Cc1cnc(N2CCOCC2)nc1)c1ccc(O)cc1. The number of allylic oxidation sites excluding steroid dienone is 1. The van der Waals surface area contributed by atoms with Crippen molar-refractivity contribution < 1.29 is 14.6 Å². The number of ether oxygens (including phenoxy) is 1. The summed E-state index contributed by atoms with van der Waals surface area (Å²) < 4.78 is 5.30. The molecule has 3 rings (SSSR count). The second-order valence-corrected chi connectivity index (χ2v) is 5.16. The minimum atomic E-state index is -0.137. The number of rotatable bonds is 4. The average Bonchev–Trinajstić information content (AvgIpc) is 2.61. The van der Waals surface area contributed by atoms with Crippen molar-refractivity contribution in [2.75, 3.05) is 31.2 Å². The van der Waals surface area contributed by atoms with Gasteiger partial charge in [-0.05, 0) is 36.4 Å². The minimum absolute atomic E-state index is 0.137. The first-order valence-corrected chi connectivity index (χ1v) is 7.38. The summed E-state index contributed by atoms with van der Waals surface area (Å²) in [4.78, 5) is 22.7. The van der Waals surface area contributed by atoms with E-state index in [1.807, 2.05) is 0 Å². The van der Waals surface area contributed by atoms with Crippen molar-refractivity contribution in [3.8, 4) is 5.75 Å². The lowest BCUT2D eigenvalue weighted by molar-refractivity contribution is 0.104. The van der Waals surface area contributed by atoms with Crippen LogP contribution in [-0.4, -0.2) is 47.2 Å². The summed E-state index contributed by atoms with van der Waals surface area (Å²) in [6.45, 7) is 2.95. The van der Waals surface area contributed by atoms with Gasteiger partial charge in [0.25, 0.3) is 0 Å². The van der Waals surface area contributed by atoms with Gasteiger partial charge >= 0.3 is 0 Å². The Bertz CT molecular complexity index is 690. The normalized spacial score (nSPS) is 15.0. The lowest BCUT2D eigenvalue weighted by Crippen LogP contribution is -2.37. The molecular weight excluding hydrogens is 294 g/mol. The zero-order valence-electron chi connectivity index (χ0n) is 12.6. The number of hydrogen-bond acceptors (Lipinski definition) is 6. The maximum absolute atomic E-state index is 12.0. The predicted molar refractivity (Wildman–Crippen MR) is 86.5 cm³/mol. The van der Waals surface area contributed by atoms with Crippen molar-refractivity contribution in [2.45, 2.75) is 0 Å². The second kappa shape index (κ2) is 7.02. The van der Waals surface area contributed by atoms with Gasteiger partial charge < -0.3 is 14.7 Å². The molecule has 0 bridgehead atoms. The molecular formula is C17H17N3O3. The van der Waals surface area contributed by atoms with E-state index >= 15 is 0 Å². The highest BCUT2D eigenvalue weighted by Gasteiger charge is 2.13. The Kier molecular flexibility index (Phi) is 4.63. The van der Waals surface area contributed by atoms with Crippen molar-refractivity contribution in [1.82, 2.24) is 9.97 Å². The van der Waals surface area contributed by atoms with Crippen LogP contribution < -0.4 is 4.90 Å². The van der Waals surface area contributed by atoms with E-state index < -0.39 is 0 Å². The molecule has 1 aromatic heterocycles. The molecule has 1 aliphatic rings. The number of carbonyl (C=O) groups is 1. The van der Waals surface area contributed by atoms with Crippen molar-refractivity contribution in [1.29, 1.82) is 0 Å². The summed E-state index contributed by atoms with van der Waals surface area (Å²) in [6.07, 6.45) is 6.54. The quantitative estimate of drug-likeness (QED) is 0.687. The standard InChI is InChI=1S/C17H17N3O3/c21-15-4-2-14(3-5-15)16(22)6-1-13-11-18-17(19-12-13)20-7-9-23-10-8-20/h1-6,11-12,21H,7-10H2. The van der Waals surface area contributed by atoms with Gasteiger partial charge in [0.05, 0.1) is 13.2 Å². The van der Waals surface area contributed by atoms with Gasteiger partial charge in [-0.15, -0.1) is 0 Å². The van der Waals surface area contributed by atoms with Gasteiger partial charge in [-0.2, -0.15) is 0 Å². The van der Waals surface area contributed by atoms with Crippen LogP contribution in [0.1, 0.15) is 15.9 Å². The lowest BCUT2D eigenvalue weighted by atomic mass is 10.1. The molecule has 1 aromatic carbocycles. The van der Waals surface area contributed by atoms with Crippen LogP contribution in [-0.2, 0) is 4.74 Å². The van der Waals surface area contributed by atoms with Crippen molar-refractivity contribution in [2.24, 2.45) is 0 Å². The Morgan fingerprint density at radius 3 is 2.43 bits per heavy atom. The molecule has 1 N–H and O–H groups in total. The van der Waals surface area contributed by atoms with Crippen LogP contribution in [0.2, 0.25) is 0 Å². The summed E-state index contributed by atoms with van der Waals surface area (Å²) in [7, 11) is 0. The number of carbonyl (C=O) groups excluding carboxylic acids is 1. The highest BCUT2D eigenvalue weighted by atomic mass is 16.5. The fourth-order valence-corrected chi connectivity index (χ4v) is 2.24. The molecule has 1 fully saturated rings. The Hall–Kier alpha value is -2.73. The van der Waals surface area contributed by atoms with Gasteiger partial charge in [0, 0.05) is 36.6 Å². The molecule has 0 unspecified atom stereocenters. The summed E-state index contributed by atoms with van der Waals surface area (Å²) in [6, 6.07) is 6.14. The number of aromatic hydroxyl groups is 1. The molecule has 6 heteroatoms. The maximum atomic E-state index is 12.0. The molecule has 0 aliphatic carbocycles. The first-order chi connectivity index (χ1) is 11.2. The van der Waals surface area contributed by atoms with Crippen LogP contribution in [0.25, 0.3) is 6.08 Å². The summed E-state index contributed by atoms with van der Waals surface area (Å²) in [5, 5.41) is 9.22. The molecule has 1 aliphatic heterocycles. The zero-order chi connectivity index (χ0) is 16.1. The topological polar surface area (TPSA) is 75.6 Å². The number of hydrogen-bond donors (Lipinski definition) is 1. The maximum Gasteiger partial charge on any atom is 0.225 e. The molecule has 0 atom stereocenters. The minimum Gasteiger partial charge on any atom is -0.508 e. The van der Waals surface area contributed by atoms with Crippen LogP contribution in [0.5, 0.6) is 5.75 Å². The third kappa shape index (κ3) is 3.92. The monoisotopic (exact) mass is 311 g/mol. The van der Waals surface area contributed by atoms with E-state index in [0.717, 1.165) is 18.7 Å². The number of ketones is 1. The van der Waals surface area contributed by atoms with E-state index in [4.69, 9.17) is 4.74 Å². The van der Waals surface area contributed by atoms with Gasteiger partial charge in [-0.25, -0.2) is 9.97 Å². The third-order valence-corrected chi connectivity index (χ3v) is 3.53. The van der Waals surface area contributed by atoms with E-state index in [0.29, 0.717) is 24.7 Å². The Morgan fingerprint density at radius 2 is 1.78 bits per heavy atom. The number of phenolic OH excluding ortho intramolecular Hbond substituents is 1. The number of anilines is 1. The molecule has 6 nitrogen and oxygen atoms in total. The van der Waals surface area contributed by atoms with E-state index in [1.165, 1.54) is 18.2 Å². The molecule has 23 heavy (non-hydrogen) atoms. The van der Waals surface area contributed by atoms with Gasteiger partial charge in [0.1, 0.15) is 5.75 Å². The lowest BCUT2D eigenvalue weighted by Gasteiger charge is -2.26. The van der Waals surface area contributed by atoms with Crippen molar-refractivity contribution >= 4 is 17.8 Å². The Labute approximate surface area is 134 Å². The fraction of sp³-hybridized carbons (Fsp3) is 0.235. The molecule has 0 radical (unpaired) electrons. The Balaban J connectivity index is 1.65. The average molecular weight is 311 g/mol. The third-order valence-electron chi connectivity index (χ3n) is 3.53. The molecule has 2 aromatic rings. The summed E-state index contributed by atoms with van der Waals surface area (Å²) in [5.74, 6) is 0.676. The number of morpholine rings is 1. The summed E-state index contributed by atoms with van der Waals surface area (Å²) >= 11 is 0.